The monoisotopic (exact) mass is 295 g/mol. The topological polar surface area (TPSA) is 55.8 Å². The van der Waals surface area contributed by atoms with E-state index in [2.05, 4.69) is 22.0 Å². The lowest BCUT2D eigenvalue weighted by molar-refractivity contribution is -0.147. The smallest absolute Gasteiger partial charge is 0.323 e. The van der Waals surface area contributed by atoms with Crippen LogP contribution in [0.15, 0.2) is 0 Å². The second-order valence-corrected chi connectivity index (χ2v) is 7.22. The molecule has 1 saturated carbocycles. The van der Waals surface area contributed by atoms with Gasteiger partial charge in [0, 0.05) is 31.2 Å². The van der Waals surface area contributed by atoms with Gasteiger partial charge in [0.15, 0.2) is 0 Å². The molecular weight excluding hydrogens is 266 g/mol. The maximum absolute atomic E-state index is 11.7. The Morgan fingerprint density at radius 2 is 2.00 bits per heavy atom. The van der Waals surface area contributed by atoms with Gasteiger partial charge >= 0.3 is 5.97 Å². The van der Waals surface area contributed by atoms with Crippen LogP contribution in [0.1, 0.15) is 45.4 Å². The maximum atomic E-state index is 11.7. The van der Waals surface area contributed by atoms with Crippen LogP contribution in [0.5, 0.6) is 0 Å². The van der Waals surface area contributed by atoms with Gasteiger partial charge < -0.3 is 10.4 Å². The first kappa shape index (κ1) is 15.3. The molecule has 2 heterocycles. The molecule has 0 bridgehead atoms. The number of likely N-dealkylation sites (N-methyl/N-ethyl adjacent to an activating group) is 1. The molecule has 3 fully saturated rings. The van der Waals surface area contributed by atoms with Crippen LogP contribution < -0.4 is 5.32 Å². The third kappa shape index (κ3) is 2.71. The minimum atomic E-state index is -0.713. The highest BCUT2D eigenvalue weighted by molar-refractivity contribution is 5.79. The molecule has 4 atom stereocenters. The van der Waals surface area contributed by atoms with Crippen molar-refractivity contribution in [1.29, 1.82) is 0 Å². The van der Waals surface area contributed by atoms with Crippen LogP contribution in [-0.2, 0) is 4.79 Å². The molecule has 120 valence electrons. The third-order valence-electron chi connectivity index (χ3n) is 6.07. The quantitative estimate of drug-likeness (QED) is 0.818. The average molecular weight is 295 g/mol. The van der Waals surface area contributed by atoms with E-state index in [4.69, 9.17) is 0 Å². The zero-order valence-electron chi connectivity index (χ0n) is 13.3. The van der Waals surface area contributed by atoms with Crippen molar-refractivity contribution >= 4 is 5.97 Å². The number of piperazine rings is 1. The second-order valence-electron chi connectivity index (χ2n) is 7.22. The SMILES string of the molecule is CNC1(C(=O)O)CCCC(N2CC3CCCN3CC2C)C1. The van der Waals surface area contributed by atoms with Gasteiger partial charge in [0.1, 0.15) is 5.54 Å². The standard InChI is InChI=1S/C16H29N3O2/c1-12-10-18-8-4-6-14(18)11-19(12)13-5-3-7-16(9-13,17-2)15(20)21/h12-14,17H,3-11H2,1-2H3,(H,20,21). The molecule has 0 aromatic heterocycles. The second kappa shape index (κ2) is 5.86. The van der Waals surface area contributed by atoms with Crippen LogP contribution in [0, 0.1) is 0 Å². The summed E-state index contributed by atoms with van der Waals surface area (Å²) in [5.41, 5.74) is -0.713. The molecule has 3 rings (SSSR count). The molecule has 0 aromatic carbocycles. The Hall–Kier alpha value is -0.650. The van der Waals surface area contributed by atoms with E-state index in [-0.39, 0.29) is 0 Å². The predicted molar refractivity (Wildman–Crippen MR) is 82.4 cm³/mol. The molecule has 21 heavy (non-hydrogen) atoms. The molecular formula is C16H29N3O2. The van der Waals surface area contributed by atoms with Crippen molar-refractivity contribution in [2.24, 2.45) is 0 Å². The van der Waals surface area contributed by atoms with Gasteiger partial charge in [0.2, 0.25) is 0 Å². The minimum absolute atomic E-state index is 0.417. The lowest BCUT2D eigenvalue weighted by Gasteiger charge is -2.49. The third-order valence-corrected chi connectivity index (χ3v) is 6.07. The number of rotatable bonds is 3. The van der Waals surface area contributed by atoms with E-state index in [0.29, 0.717) is 18.1 Å². The molecule has 2 saturated heterocycles. The summed E-state index contributed by atoms with van der Waals surface area (Å²) in [7, 11) is 1.80. The van der Waals surface area contributed by atoms with Gasteiger partial charge in [-0.3, -0.25) is 14.6 Å². The van der Waals surface area contributed by atoms with Crippen LogP contribution in [-0.4, -0.2) is 71.2 Å². The van der Waals surface area contributed by atoms with Crippen LogP contribution in [0.3, 0.4) is 0 Å². The van der Waals surface area contributed by atoms with E-state index in [1.54, 1.807) is 7.05 Å². The first-order valence-corrected chi connectivity index (χ1v) is 8.48. The van der Waals surface area contributed by atoms with Crippen molar-refractivity contribution in [3.63, 3.8) is 0 Å². The number of nitrogens with zero attached hydrogens (tertiary/aromatic N) is 2. The average Bonchev–Trinajstić information content (AvgIpc) is 2.93. The van der Waals surface area contributed by atoms with E-state index in [1.165, 1.54) is 19.4 Å². The molecule has 5 heteroatoms. The number of carboxylic acid groups (broad SMARTS) is 1. The molecule has 5 nitrogen and oxygen atoms in total. The number of nitrogens with one attached hydrogen (secondary N) is 1. The predicted octanol–water partition coefficient (Wildman–Crippen LogP) is 1.14. The van der Waals surface area contributed by atoms with Crippen molar-refractivity contribution in [1.82, 2.24) is 15.1 Å². The summed E-state index contributed by atoms with van der Waals surface area (Å²) in [6.45, 7) is 5.85. The zero-order chi connectivity index (χ0) is 15.0. The summed E-state index contributed by atoms with van der Waals surface area (Å²) >= 11 is 0. The highest BCUT2D eigenvalue weighted by Crippen LogP contribution is 2.35. The van der Waals surface area contributed by atoms with Gasteiger partial charge in [0.25, 0.3) is 0 Å². The van der Waals surface area contributed by atoms with Gasteiger partial charge in [-0.2, -0.15) is 0 Å². The Labute approximate surface area is 127 Å². The van der Waals surface area contributed by atoms with E-state index >= 15 is 0 Å². The summed E-state index contributed by atoms with van der Waals surface area (Å²) in [5, 5.41) is 12.7. The minimum Gasteiger partial charge on any atom is -0.480 e. The Morgan fingerprint density at radius 1 is 1.24 bits per heavy atom. The molecule has 2 aliphatic heterocycles. The van der Waals surface area contributed by atoms with E-state index < -0.39 is 11.5 Å². The van der Waals surface area contributed by atoms with Crippen molar-refractivity contribution in [3.8, 4) is 0 Å². The Morgan fingerprint density at radius 3 is 2.71 bits per heavy atom. The lowest BCUT2D eigenvalue weighted by atomic mass is 9.77. The van der Waals surface area contributed by atoms with Gasteiger partial charge in [-0.1, -0.05) is 0 Å². The van der Waals surface area contributed by atoms with E-state index in [9.17, 15) is 9.90 Å². The summed E-state index contributed by atoms with van der Waals surface area (Å²) in [6.07, 6.45) is 6.30. The van der Waals surface area contributed by atoms with Gasteiger partial charge in [-0.25, -0.2) is 0 Å². The number of hydrogen-bond donors (Lipinski definition) is 2. The number of carbonyl (C=O) groups is 1. The summed E-state index contributed by atoms with van der Waals surface area (Å²) in [5.74, 6) is -0.679. The van der Waals surface area contributed by atoms with Crippen LogP contribution in [0.4, 0.5) is 0 Å². The number of aliphatic carboxylic acids is 1. The fourth-order valence-electron chi connectivity index (χ4n) is 4.78. The maximum Gasteiger partial charge on any atom is 0.323 e. The van der Waals surface area contributed by atoms with E-state index in [1.807, 2.05) is 0 Å². The van der Waals surface area contributed by atoms with Crippen LogP contribution in [0.25, 0.3) is 0 Å². The highest BCUT2D eigenvalue weighted by atomic mass is 16.4. The molecule has 3 aliphatic rings. The molecule has 2 N–H and O–H groups in total. The Kier molecular flexibility index (Phi) is 4.26. The van der Waals surface area contributed by atoms with Gasteiger partial charge in [0.05, 0.1) is 0 Å². The summed E-state index contributed by atoms with van der Waals surface area (Å²) < 4.78 is 0. The van der Waals surface area contributed by atoms with Crippen molar-refractivity contribution < 1.29 is 9.90 Å². The highest BCUT2D eigenvalue weighted by Gasteiger charge is 2.45. The van der Waals surface area contributed by atoms with Crippen LogP contribution in [0.2, 0.25) is 0 Å². The fraction of sp³-hybridized carbons (Fsp3) is 0.938. The van der Waals surface area contributed by atoms with Crippen molar-refractivity contribution in [2.45, 2.75) is 69.1 Å². The van der Waals surface area contributed by atoms with E-state index in [0.717, 1.165) is 38.8 Å². The molecule has 0 spiro atoms. The Balaban J connectivity index is 1.72. The number of carboxylic acids is 1. The summed E-state index contributed by atoms with van der Waals surface area (Å²) in [4.78, 5) is 17.0. The van der Waals surface area contributed by atoms with Gasteiger partial charge in [-0.05, 0) is 59.0 Å². The normalized spacial score (nSPS) is 41.9. The molecule has 4 unspecified atom stereocenters. The van der Waals surface area contributed by atoms with Crippen LogP contribution >= 0.6 is 0 Å². The zero-order valence-corrected chi connectivity index (χ0v) is 13.3. The molecule has 0 amide bonds. The molecule has 1 aliphatic carbocycles. The number of hydrogen-bond acceptors (Lipinski definition) is 4. The molecule has 0 aromatic rings. The lowest BCUT2D eigenvalue weighted by Crippen LogP contribution is -2.62. The Bertz CT molecular complexity index is 403. The molecule has 0 radical (unpaired) electrons. The van der Waals surface area contributed by atoms with Crippen molar-refractivity contribution in [3.05, 3.63) is 0 Å². The first-order chi connectivity index (χ1) is 10.1. The van der Waals surface area contributed by atoms with Gasteiger partial charge in [-0.15, -0.1) is 0 Å². The first-order valence-electron chi connectivity index (χ1n) is 8.48. The van der Waals surface area contributed by atoms with Crippen molar-refractivity contribution in [2.75, 3.05) is 26.7 Å². The number of fused-ring (bicyclic) bond motifs is 1. The summed E-state index contributed by atoms with van der Waals surface area (Å²) in [6, 6.07) is 1.67. The fourth-order valence-corrected chi connectivity index (χ4v) is 4.78. The largest absolute Gasteiger partial charge is 0.480 e.